The van der Waals surface area contributed by atoms with Crippen molar-refractivity contribution in [1.29, 1.82) is 0 Å². The molecular weight excluding hydrogens is 289 g/mol. The van der Waals surface area contributed by atoms with E-state index in [9.17, 15) is 4.57 Å². The Morgan fingerprint density at radius 1 is 0.864 bits per heavy atom. The molecule has 2 nitrogen and oxygen atoms in total. The fraction of sp³-hybridized carbons (Fsp3) is 0.105. The van der Waals surface area contributed by atoms with Gasteiger partial charge >= 0.3 is 0 Å². The van der Waals surface area contributed by atoms with Crippen LogP contribution in [-0.4, -0.2) is 0 Å². The van der Waals surface area contributed by atoms with Crippen LogP contribution in [0, 0.1) is 6.92 Å². The van der Waals surface area contributed by atoms with Gasteiger partial charge in [0.25, 0.3) is 5.44 Å². The monoisotopic (exact) mass is 304 g/mol. The Morgan fingerprint density at radius 2 is 1.59 bits per heavy atom. The zero-order valence-corrected chi connectivity index (χ0v) is 13.2. The first kappa shape index (κ1) is 12.4. The fourth-order valence-corrected chi connectivity index (χ4v) is 7.38. The van der Waals surface area contributed by atoms with Crippen LogP contribution >= 0.6 is 7.14 Å². The lowest BCUT2D eigenvalue weighted by atomic mass is 10.1. The van der Waals surface area contributed by atoms with Crippen molar-refractivity contribution in [3.05, 3.63) is 71.9 Å². The highest BCUT2D eigenvalue weighted by Crippen LogP contribution is 2.52. The van der Waals surface area contributed by atoms with E-state index in [4.69, 9.17) is 0 Å². The normalized spacial score (nSPS) is 20.2. The Hall–Kier alpha value is -2.18. The number of rotatable bonds is 0. The average molecular weight is 304 g/mol. The van der Waals surface area contributed by atoms with Crippen molar-refractivity contribution in [2.75, 3.05) is 0 Å². The molecule has 2 aliphatic heterocycles. The van der Waals surface area contributed by atoms with Gasteiger partial charge in [0.05, 0.1) is 5.56 Å². The van der Waals surface area contributed by atoms with E-state index in [1.807, 2.05) is 36.4 Å². The van der Waals surface area contributed by atoms with E-state index in [1.165, 1.54) is 11.3 Å². The van der Waals surface area contributed by atoms with Gasteiger partial charge in [-0.2, -0.15) is 4.57 Å². The van der Waals surface area contributed by atoms with Gasteiger partial charge < -0.3 is 4.57 Å². The van der Waals surface area contributed by atoms with Gasteiger partial charge in [-0.3, -0.25) is 0 Å². The van der Waals surface area contributed by atoms with E-state index in [0.29, 0.717) is 0 Å². The Labute approximate surface area is 129 Å². The summed E-state index contributed by atoms with van der Waals surface area (Å²) in [6.45, 7) is 2.91. The standard InChI is InChI=1S/C19H15NOP/c1-13-10-11-16-15-7-3-5-9-18(15)22(21)17-8-4-2-6-14(17)12-20(13)19(16)22/h2-11H,12H2,1H3/q+1. The summed E-state index contributed by atoms with van der Waals surface area (Å²) in [7, 11) is -2.74. The van der Waals surface area contributed by atoms with Crippen molar-refractivity contribution >= 4 is 23.2 Å². The van der Waals surface area contributed by atoms with E-state index in [1.54, 1.807) is 0 Å². The molecular formula is C19H15NOP+. The van der Waals surface area contributed by atoms with Crippen LogP contribution < -0.4 is 20.6 Å². The van der Waals surface area contributed by atoms with Crippen molar-refractivity contribution in [3.8, 4) is 11.1 Å². The van der Waals surface area contributed by atoms with Crippen LogP contribution in [0.5, 0.6) is 0 Å². The largest absolute Gasteiger partial charge is 0.302 e. The van der Waals surface area contributed by atoms with Crippen LogP contribution in [0.2, 0.25) is 0 Å². The highest BCUT2D eigenvalue weighted by molar-refractivity contribution is 7.86. The molecule has 3 heteroatoms. The first-order chi connectivity index (χ1) is 10.7. The van der Waals surface area contributed by atoms with Gasteiger partial charge in [-0.05, 0) is 6.07 Å². The van der Waals surface area contributed by atoms with Crippen LogP contribution in [0.4, 0.5) is 0 Å². The molecule has 0 aliphatic carbocycles. The SMILES string of the molecule is Cc1ccc2c3[n+]1Cc1ccccc1P3(=O)c1ccccc1-2. The first-order valence-corrected chi connectivity index (χ1v) is 9.24. The lowest BCUT2D eigenvalue weighted by molar-refractivity contribution is -0.677. The molecule has 0 N–H and O–H groups in total. The van der Waals surface area contributed by atoms with E-state index in [-0.39, 0.29) is 0 Å². The lowest BCUT2D eigenvalue weighted by Crippen LogP contribution is -2.57. The topological polar surface area (TPSA) is 20.9 Å². The van der Waals surface area contributed by atoms with Crippen LogP contribution in [0.3, 0.4) is 0 Å². The molecule has 0 saturated heterocycles. The van der Waals surface area contributed by atoms with Gasteiger partial charge in [0.2, 0.25) is 7.14 Å². The average Bonchev–Trinajstić information content (AvgIpc) is 2.82. The van der Waals surface area contributed by atoms with Gasteiger partial charge in [0, 0.05) is 34.7 Å². The Bertz CT molecular complexity index is 1010. The lowest BCUT2D eigenvalue weighted by Gasteiger charge is -2.22. The van der Waals surface area contributed by atoms with Crippen molar-refractivity contribution < 1.29 is 9.13 Å². The molecule has 1 unspecified atom stereocenters. The third-order valence-corrected chi connectivity index (χ3v) is 8.17. The molecule has 3 heterocycles. The van der Waals surface area contributed by atoms with Gasteiger partial charge in [-0.15, -0.1) is 0 Å². The van der Waals surface area contributed by atoms with E-state index in [0.717, 1.165) is 33.7 Å². The van der Waals surface area contributed by atoms with Crippen molar-refractivity contribution in [1.82, 2.24) is 0 Å². The summed E-state index contributed by atoms with van der Waals surface area (Å²) in [5, 5.41) is 2.02. The second-order valence-corrected chi connectivity index (χ2v) is 8.66. The molecule has 3 aromatic rings. The molecule has 0 saturated carbocycles. The van der Waals surface area contributed by atoms with Crippen LogP contribution in [-0.2, 0) is 11.1 Å². The Morgan fingerprint density at radius 3 is 2.45 bits per heavy atom. The molecule has 0 bridgehead atoms. The third-order valence-electron chi connectivity index (χ3n) is 4.90. The predicted molar refractivity (Wildman–Crippen MR) is 88.9 cm³/mol. The van der Waals surface area contributed by atoms with Crippen molar-refractivity contribution in [2.24, 2.45) is 0 Å². The molecule has 1 aromatic heterocycles. The minimum Gasteiger partial charge on any atom is -0.302 e. The molecule has 2 aliphatic rings. The molecule has 22 heavy (non-hydrogen) atoms. The summed E-state index contributed by atoms with van der Waals surface area (Å²) < 4.78 is 16.5. The summed E-state index contributed by atoms with van der Waals surface area (Å²) in [6, 6.07) is 20.6. The second kappa shape index (κ2) is 3.97. The van der Waals surface area contributed by atoms with Crippen molar-refractivity contribution in [2.45, 2.75) is 13.5 Å². The van der Waals surface area contributed by atoms with Gasteiger partial charge in [0.1, 0.15) is 0 Å². The maximum absolute atomic E-state index is 14.3. The first-order valence-electron chi connectivity index (χ1n) is 7.54. The molecule has 0 amide bonds. The maximum Gasteiger partial charge on any atom is 0.256 e. The number of aromatic nitrogens is 1. The zero-order chi connectivity index (χ0) is 14.9. The number of hydrogen-bond acceptors (Lipinski definition) is 1. The molecule has 0 radical (unpaired) electrons. The summed E-state index contributed by atoms with van der Waals surface area (Å²) >= 11 is 0. The van der Waals surface area contributed by atoms with Gasteiger partial charge in [-0.25, -0.2) is 0 Å². The Kier molecular flexibility index (Phi) is 2.23. The van der Waals surface area contributed by atoms with Gasteiger partial charge in [0.15, 0.2) is 12.2 Å². The number of benzene rings is 2. The van der Waals surface area contributed by atoms with Crippen LogP contribution in [0.15, 0.2) is 60.7 Å². The quantitative estimate of drug-likeness (QED) is 0.317. The van der Waals surface area contributed by atoms with E-state index < -0.39 is 7.14 Å². The minimum absolute atomic E-state index is 0.809. The maximum atomic E-state index is 14.3. The van der Waals surface area contributed by atoms with E-state index >= 15 is 0 Å². The molecule has 0 spiro atoms. The molecule has 5 rings (SSSR count). The smallest absolute Gasteiger partial charge is 0.256 e. The second-order valence-electron chi connectivity index (χ2n) is 6.05. The number of fused-ring (bicyclic) bond motifs is 5. The highest BCUT2D eigenvalue weighted by atomic mass is 31.2. The summed E-state index contributed by atoms with van der Waals surface area (Å²) in [4.78, 5) is 0. The predicted octanol–water partition coefficient (Wildman–Crippen LogP) is 2.26. The zero-order valence-electron chi connectivity index (χ0n) is 12.3. The number of aryl methyl sites for hydroxylation is 1. The number of hydrogen-bond donors (Lipinski definition) is 0. The summed E-state index contributed by atoms with van der Waals surface area (Å²) in [5.74, 6) is 0. The summed E-state index contributed by atoms with van der Waals surface area (Å²) in [5.41, 5.74) is 5.64. The fourth-order valence-electron chi connectivity index (χ4n) is 3.89. The van der Waals surface area contributed by atoms with E-state index in [2.05, 4.69) is 35.8 Å². The minimum atomic E-state index is -2.74. The molecule has 1 atom stereocenters. The van der Waals surface area contributed by atoms with Gasteiger partial charge in [-0.1, -0.05) is 48.5 Å². The highest BCUT2D eigenvalue weighted by Gasteiger charge is 2.51. The van der Waals surface area contributed by atoms with Crippen LogP contribution in [0.1, 0.15) is 11.3 Å². The molecule has 0 fully saturated rings. The number of nitrogens with zero attached hydrogens (tertiary/aromatic N) is 1. The van der Waals surface area contributed by atoms with Crippen molar-refractivity contribution in [3.63, 3.8) is 0 Å². The van der Waals surface area contributed by atoms with Crippen LogP contribution in [0.25, 0.3) is 11.1 Å². The third kappa shape index (κ3) is 1.28. The molecule has 2 aromatic carbocycles. The summed E-state index contributed by atoms with van der Waals surface area (Å²) in [6.07, 6.45) is 0. The Balaban J connectivity index is 2.03. The number of pyridine rings is 1. The molecule has 106 valence electrons.